The van der Waals surface area contributed by atoms with E-state index in [4.69, 9.17) is 34.8 Å². The van der Waals surface area contributed by atoms with Crippen molar-refractivity contribution >= 4 is 34.8 Å². The Kier molecular flexibility index (Phi) is 6.75. The molecule has 18 heavy (non-hydrogen) atoms. The molecule has 1 heterocycles. The molecule has 3 nitrogen and oxygen atoms in total. The average Bonchev–Trinajstić information content (AvgIpc) is 2.68. The Morgan fingerprint density at radius 1 is 1.06 bits per heavy atom. The molecule has 0 aromatic carbocycles. The number of aryl methyl sites for hydroxylation is 2. The molecule has 0 N–H and O–H groups in total. The van der Waals surface area contributed by atoms with Crippen molar-refractivity contribution in [3.63, 3.8) is 0 Å². The van der Waals surface area contributed by atoms with Gasteiger partial charge in [-0.2, -0.15) is 0 Å². The highest BCUT2D eigenvalue weighted by Gasteiger charge is 2.31. The van der Waals surface area contributed by atoms with E-state index in [-0.39, 0.29) is 0 Å². The van der Waals surface area contributed by atoms with Crippen molar-refractivity contribution in [2.75, 3.05) is 0 Å². The zero-order chi connectivity index (χ0) is 13.6. The molecule has 0 amide bonds. The van der Waals surface area contributed by atoms with Crippen LogP contribution in [0.15, 0.2) is 0 Å². The number of alkyl halides is 3. The Labute approximate surface area is 124 Å². The Hall–Kier alpha value is 0.01000. The highest BCUT2D eigenvalue weighted by atomic mass is 35.6. The van der Waals surface area contributed by atoms with Gasteiger partial charge in [0.2, 0.25) is 3.79 Å². The second-order valence-corrected chi connectivity index (χ2v) is 6.70. The lowest BCUT2D eigenvalue weighted by Crippen LogP contribution is -2.14. The molecule has 1 aromatic heterocycles. The summed E-state index contributed by atoms with van der Waals surface area (Å²) in [7, 11) is 0. The predicted octanol–water partition coefficient (Wildman–Crippen LogP) is 4.64. The van der Waals surface area contributed by atoms with E-state index < -0.39 is 3.79 Å². The van der Waals surface area contributed by atoms with Gasteiger partial charge in [-0.1, -0.05) is 79.5 Å². The first-order chi connectivity index (χ1) is 8.50. The second kappa shape index (κ2) is 7.56. The summed E-state index contributed by atoms with van der Waals surface area (Å²) in [5, 5.41) is 8.24. The number of hydrogen-bond donors (Lipinski definition) is 0. The van der Waals surface area contributed by atoms with Crippen LogP contribution >= 0.6 is 34.8 Å². The standard InChI is InChI=1S/C12H20Cl3N3/c1-3-5-6-7-9-18-11(12(13,14)15)10(8-4-2)16-17-18/h3-9H2,1-2H3. The first-order valence-electron chi connectivity index (χ1n) is 6.50. The lowest BCUT2D eigenvalue weighted by atomic mass is 10.2. The van der Waals surface area contributed by atoms with Crippen LogP contribution in [0.1, 0.15) is 57.3 Å². The summed E-state index contributed by atoms with van der Waals surface area (Å²) < 4.78 is 0.298. The second-order valence-electron chi connectivity index (χ2n) is 4.42. The minimum atomic E-state index is -1.45. The number of nitrogens with zero attached hydrogens (tertiary/aromatic N) is 3. The van der Waals surface area contributed by atoms with Crippen molar-refractivity contribution < 1.29 is 0 Å². The van der Waals surface area contributed by atoms with Gasteiger partial charge in [0.15, 0.2) is 0 Å². The third-order valence-corrected chi connectivity index (χ3v) is 3.32. The largest absolute Gasteiger partial charge is 0.245 e. The minimum absolute atomic E-state index is 0.630. The molecule has 0 saturated carbocycles. The van der Waals surface area contributed by atoms with Gasteiger partial charge in [-0.25, -0.2) is 4.68 Å². The zero-order valence-electron chi connectivity index (χ0n) is 10.9. The van der Waals surface area contributed by atoms with Gasteiger partial charge in [0.1, 0.15) is 5.69 Å². The molecule has 1 aromatic rings. The van der Waals surface area contributed by atoms with E-state index in [2.05, 4.69) is 24.2 Å². The van der Waals surface area contributed by atoms with Gasteiger partial charge in [0.25, 0.3) is 0 Å². The van der Waals surface area contributed by atoms with Crippen LogP contribution in [0, 0.1) is 0 Å². The maximum Gasteiger partial charge on any atom is 0.234 e. The fourth-order valence-corrected chi connectivity index (χ4v) is 2.53. The maximum atomic E-state index is 6.02. The molecule has 6 heteroatoms. The van der Waals surface area contributed by atoms with Crippen molar-refractivity contribution in [1.82, 2.24) is 15.0 Å². The quantitative estimate of drug-likeness (QED) is 0.542. The highest BCUT2D eigenvalue weighted by Crippen LogP contribution is 2.39. The molecule has 0 aliphatic rings. The summed E-state index contributed by atoms with van der Waals surface area (Å²) >= 11 is 18.0. The molecule has 0 fully saturated rings. The molecule has 0 spiro atoms. The summed E-state index contributed by atoms with van der Waals surface area (Å²) in [5.41, 5.74) is 1.43. The third kappa shape index (κ3) is 4.60. The Morgan fingerprint density at radius 3 is 2.33 bits per heavy atom. The SMILES string of the molecule is CCCCCCn1nnc(CCC)c1C(Cl)(Cl)Cl. The van der Waals surface area contributed by atoms with E-state index in [1.165, 1.54) is 19.3 Å². The van der Waals surface area contributed by atoms with E-state index in [1.807, 2.05) is 0 Å². The number of halogens is 3. The third-order valence-electron chi connectivity index (χ3n) is 2.78. The molecule has 0 bridgehead atoms. The van der Waals surface area contributed by atoms with E-state index in [1.54, 1.807) is 4.68 Å². The van der Waals surface area contributed by atoms with Crippen molar-refractivity contribution in [3.05, 3.63) is 11.4 Å². The molecular formula is C12H20Cl3N3. The summed E-state index contributed by atoms with van der Waals surface area (Å²) in [4.78, 5) is 0. The fraction of sp³-hybridized carbons (Fsp3) is 0.833. The Balaban J connectivity index is 2.77. The van der Waals surface area contributed by atoms with Gasteiger partial charge in [-0.15, -0.1) is 5.10 Å². The van der Waals surface area contributed by atoms with Gasteiger partial charge in [0, 0.05) is 6.54 Å². The summed E-state index contributed by atoms with van der Waals surface area (Å²) in [6.45, 7) is 5.02. The van der Waals surface area contributed by atoms with Gasteiger partial charge in [0.05, 0.1) is 5.69 Å². The van der Waals surface area contributed by atoms with Gasteiger partial charge >= 0.3 is 0 Å². The van der Waals surface area contributed by atoms with E-state index >= 15 is 0 Å². The Morgan fingerprint density at radius 2 is 1.78 bits per heavy atom. The summed E-state index contributed by atoms with van der Waals surface area (Å²) in [6, 6.07) is 0. The minimum Gasteiger partial charge on any atom is -0.245 e. The monoisotopic (exact) mass is 311 g/mol. The predicted molar refractivity (Wildman–Crippen MR) is 77.4 cm³/mol. The van der Waals surface area contributed by atoms with Crippen molar-refractivity contribution in [2.45, 2.75) is 62.7 Å². The topological polar surface area (TPSA) is 30.7 Å². The van der Waals surface area contributed by atoms with Crippen LogP contribution in [-0.4, -0.2) is 15.0 Å². The van der Waals surface area contributed by atoms with Crippen LogP contribution in [-0.2, 0) is 16.8 Å². The molecular weight excluding hydrogens is 293 g/mol. The molecule has 0 radical (unpaired) electrons. The number of aromatic nitrogens is 3. The summed E-state index contributed by atoms with van der Waals surface area (Å²) in [5.74, 6) is 0. The van der Waals surface area contributed by atoms with Gasteiger partial charge in [-0.3, -0.25) is 0 Å². The van der Waals surface area contributed by atoms with Crippen LogP contribution < -0.4 is 0 Å². The molecule has 0 saturated heterocycles. The normalized spacial score (nSPS) is 12.1. The van der Waals surface area contributed by atoms with Crippen LogP contribution in [0.4, 0.5) is 0 Å². The summed E-state index contributed by atoms with van der Waals surface area (Å²) in [6.07, 6.45) is 6.38. The molecule has 0 atom stereocenters. The van der Waals surface area contributed by atoms with Crippen LogP contribution in [0.2, 0.25) is 0 Å². The first kappa shape index (κ1) is 16.1. The van der Waals surface area contributed by atoms with Gasteiger partial charge < -0.3 is 0 Å². The van der Waals surface area contributed by atoms with Crippen LogP contribution in [0.3, 0.4) is 0 Å². The number of rotatable bonds is 7. The highest BCUT2D eigenvalue weighted by molar-refractivity contribution is 6.66. The zero-order valence-corrected chi connectivity index (χ0v) is 13.2. The lowest BCUT2D eigenvalue weighted by molar-refractivity contribution is 0.514. The maximum absolute atomic E-state index is 6.02. The lowest BCUT2D eigenvalue weighted by Gasteiger charge is -2.14. The van der Waals surface area contributed by atoms with Crippen molar-refractivity contribution in [1.29, 1.82) is 0 Å². The molecule has 0 aliphatic carbocycles. The van der Waals surface area contributed by atoms with Crippen molar-refractivity contribution in [2.24, 2.45) is 0 Å². The first-order valence-corrected chi connectivity index (χ1v) is 7.63. The van der Waals surface area contributed by atoms with Gasteiger partial charge in [-0.05, 0) is 12.8 Å². The van der Waals surface area contributed by atoms with E-state index in [9.17, 15) is 0 Å². The van der Waals surface area contributed by atoms with Crippen molar-refractivity contribution in [3.8, 4) is 0 Å². The number of hydrogen-bond acceptors (Lipinski definition) is 2. The van der Waals surface area contributed by atoms with Crippen LogP contribution in [0.5, 0.6) is 0 Å². The smallest absolute Gasteiger partial charge is 0.234 e. The molecule has 1 rings (SSSR count). The van der Waals surface area contributed by atoms with Crippen LogP contribution in [0.25, 0.3) is 0 Å². The average molecular weight is 313 g/mol. The van der Waals surface area contributed by atoms with E-state index in [0.717, 1.165) is 31.5 Å². The van der Waals surface area contributed by atoms with E-state index in [0.29, 0.717) is 5.69 Å². The number of unbranched alkanes of at least 4 members (excludes halogenated alkanes) is 3. The molecule has 0 aliphatic heterocycles. The molecule has 104 valence electrons. The Bertz CT molecular complexity index is 358. The molecule has 0 unspecified atom stereocenters. The fourth-order valence-electron chi connectivity index (χ4n) is 1.91.